The molecule has 0 heterocycles. The molecular weight excluding hydrogens is 508 g/mol. The molecular formula is C32H52N2O6. The average molecular weight is 561 g/mol. The van der Waals surface area contributed by atoms with Crippen LogP contribution >= 0.6 is 0 Å². The smallest absolute Gasteiger partial charge is 0.340 e. The largest absolute Gasteiger partial charge is 0.459 e. The lowest BCUT2D eigenvalue weighted by Crippen LogP contribution is -2.68. The number of fused-ring (bicyclic) bond motifs is 2. The van der Waals surface area contributed by atoms with Crippen molar-refractivity contribution in [1.82, 2.24) is 5.32 Å². The van der Waals surface area contributed by atoms with Gasteiger partial charge in [-0.25, -0.2) is 4.79 Å². The highest BCUT2D eigenvalue weighted by Crippen LogP contribution is 2.58. The number of anilines is 1. The quantitative estimate of drug-likeness (QED) is 0.242. The van der Waals surface area contributed by atoms with Gasteiger partial charge in [-0.2, -0.15) is 0 Å². The van der Waals surface area contributed by atoms with Crippen molar-refractivity contribution in [2.45, 2.75) is 103 Å². The Morgan fingerprint density at radius 1 is 1.15 bits per heavy atom. The molecule has 8 nitrogen and oxygen atoms in total. The van der Waals surface area contributed by atoms with Crippen LogP contribution in [0.5, 0.6) is 0 Å². The summed E-state index contributed by atoms with van der Waals surface area (Å²) in [5.41, 5.74) is -1.86. The first kappa shape index (κ1) is 32.5. The molecule has 2 aliphatic rings. The van der Waals surface area contributed by atoms with Crippen molar-refractivity contribution in [2.75, 3.05) is 26.0 Å². The summed E-state index contributed by atoms with van der Waals surface area (Å²) in [5.74, 6) is -0.896. The number of rotatable bonds is 14. The normalized spacial score (nSPS) is 30.8. The van der Waals surface area contributed by atoms with Gasteiger partial charge < -0.3 is 30.3 Å². The van der Waals surface area contributed by atoms with Crippen molar-refractivity contribution in [3.8, 4) is 0 Å². The number of esters is 1. The SMILES string of the molecule is CCCC(C)C(=O)Nc1ccccc1C(=O)O[C@@H](C)C(C)CC(CCNC)[C@@]1(O)CC[C@H]2CC(C)[C@]1(O)[C@H]2OC. The fourth-order valence-corrected chi connectivity index (χ4v) is 7.30. The molecule has 4 unspecified atom stereocenters. The summed E-state index contributed by atoms with van der Waals surface area (Å²) in [5, 5.41) is 30.4. The molecule has 1 aromatic carbocycles. The second kappa shape index (κ2) is 13.8. The number of benzene rings is 1. The minimum atomic E-state index is -1.32. The number of para-hydroxylation sites is 1. The Hall–Kier alpha value is -2.00. The summed E-state index contributed by atoms with van der Waals surface area (Å²) in [4.78, 5) is 25.9. The number of carbonyl (C=O) groups is 2. The maximum Gasteiger partial charge on any atom is 0.340 e. The van der Waals surface area contributed by atoms with E-state index in [1.165, 1.54) is 0 Å². The number of nitrogens with one attached hydrogen (secondary N) is 2. The minimum absolute atomic E-state index is 0.0793. The van der Waals surface area contributed by atoms with E-state index in [1.54, 1.807) is 31.4 Å². The summed E-state index contributed by atoms with van der Waals surface area (Å²) in [6.07, 6.45) is 4.28. The molecule has 40 heavy (non-hydrogen) atoms. The number of methoxy groups -OCH3 is 1. The lowest BCUT2D eigenvalue weighted by Gasteiger charge is -2.54. The second-order valence-corrected chi connectivity index (χ2v) is 12.5. The highest BCUT2D eigenvalue weighted by Gasteiger charge is 2.68. The van der Waals surface area contributed by atoms with Gasteiger partial charge in [-0.15, -0.1) is 0 Å². The van der Waals surface area contributed by atoms with E-state index < -0.39 is 29.4 Å². The standard InChI is InChI=1S/C32H52N2O6/c1-8-11-20(2)29(35)34-27-13-10-9-12-26(27)30(36)40-23(5)21(3)18-25(15-17-33-6)31(37)16-14-24-19-22(4)32(31,38)28(24)39-7/h9-10,12-13,20-25,28,33,37-38H,8,11,14-19H2,1-7H3,(H,34,35)/t20?,21?,22?,23-,24-,25?,28-,31-,32-/m0/s1. The number of hydrogen-bond donors (Lipinski definition) is 4. The molecule has 0 radical (unpaired) electrons. The molecule has 2 aliphatic carbocycles. The molecule has 226 valence electrons. The van der Waals surface area contributed by atoms with E-state index >= 15 is 0 Å². The van der Waals surface area contributed by atoms with Crippen LogP contribution in [0.15, 0.2) is 24.3 Å². The van der Waals surface area contributed by atoms with Crippen LogP contribution < -0.4 is 10.6 Å². The van der Waals surface area contributed by atoms with E-state index in [4.69, 9.17) is 9.47 Å². The third-order valence-electron chi connectivity index (χ3n) is 9.86. The van der Waals surface area contributed by atoms with E-state index in [0.29, 0.717) is 37.1 Å². The van der Waals surface area contributed by atoms with E-state index in [-0.39, 0.29) is 35.5 Å². The van der Waals surface area contributed by atoms with Gasteiger partial charge in [0, 0.05) is 13.0 Å². The molecule has 2 fully saturated rings. The average Bonchev–Trinajstić information content (AvgIpc) is 3.13. The monoisotopic (exact) mass is 560 g/mol. The highest BCUT2D eigenvalue weighted by atomic mass is 16.5. The molecule has 2 bridgehead atoms. The maximum atomic E-state index is 13.3. The Morgan fingerprint density at radius 3 is 2.50 bits per heavy atom. The number of amides is 1. The molecule has 8 heteroatoms. The topological polar surface area (TPSA) is 117 Å². The van der Waals surface area contributed by atoms with Crippen molar-refractivity contribution in [1.29, 1.82) is 0 Å². The van der Waals surface area contributed by atoms with Gasteiger partial charge in [0.25, 0.3) is 0 Å². The third kappa shape index (κ3) is 6.40. The van der Waals surface area contributed by atoms with Gasteiger partial charge in [-0.1, -0.05) is 46.2 Å². The molecule has 4 N–H and O–H groups in total. The number of aliphatic hydroxyl groups is 2. The Labute approximate surface area is 240 Å². The van der Waals surface area contributed by atoms with Crippen LogP contribution in [0.2, 0.25) is 0 Å². The third-order valence-corrected chi connectivity index (χ3v) is 9.86. The van der Waals surface area contributed by atoms with Crippen molar-refractivity contribution in [3.05, 3.63) is 29.8 Å². The van der Waals surface area contributed by atoms with Crippen molar-refractivity contribution >= 4 is 17.6 Å². The first-order valence-electron chi connectivity index (χ1n) is 15.2. The van der Waals surface area contributed by atoms with E-state index in [2.05, 4.69) is 10.6 Å². The molecule has 0 aromatic heterocycles. The summed E-state index contributed by atoms with van der Waals surface area (Å²) in [6.45, 7) is 10.5. The fourth-order valence-electron chi connectivity index (χ4n) is 7.30. The van der Waals surface area contributed by atoms with Crippen LogP contribution in [0.3, 0.4) is 0 Å². The molecule has 0 spiro atoms. The summed E-state index contributed by atoms with van der Waals surface area (Å²) < 4.78 is 11.7. The minimum Gasteiger partial charge on any atom is -0.459 e. The molecule has 9 atom stereocenters. The Balaban J connectivity index is 1.75. The van der Waals surface area contributed by atoms with Gasteiger partial charge in [0.2, 0.25) is 5.91 Å². The molecule has 3 rings (SSSR count). The van der Waals surface area contributed by atoms with E-state index in [1.807, 2.05) is 41.7 Å². The van der Waals surface area contributed by atoms with E-state index in [9.17, 15) is 19.8 Å². The van der Waals surface area contributed by atoms with Gasteiger partial charge in [-0.3, -0.25) is 4.79 Å². The van der Waals surface area contributed by atoms with Crippen LogP contribution in [-0.4, -0.2) is 66.2 Å². The molecule has 1 aromatic rings. The summed E-state index contributed by atoms with van der Waals surface area (Å²) in [6, 6.07) is 6.92. The zero-order chi connectivity index (χ0) is 29.7. The predicted molar refractivity (Wildman–Crippen MR) is 157 cm³/mol. The lowest BCUT2D eigenvalue weighted by atomic mass is 9.60. The molecule has 0 aliphatic heterocycles. The van der Waals surface area contributed by atoms with Crippen LogP contribution in [0.4, 0.5) is 5.69 Å². The van der Waals surface area contributed by atoms with Gasteiger partial charge in [0.1, 0.15) is 11.7 Å². The molecule has 2 saturated carbocycles. The van der Waals surface area contributed by atoms with Crippen molar-refractivity contribution in [2.24, 2.45) is 29.6 Å². The van der Waals surface area contributed by atoms with Crippen LogP contribution in [0, 0.1) is 29.6 Å². The number of ether oxygens (including phenoxy) is 2. The van der Waals surface area contributed by atoms with Gasteiger partial charge in [0.15, 0.2) is 0 Å². The van der Waals surface area contributed by atoms with Crippen molar-refractivity contribution < 1.29 is 29.3 Å². The highest BCUT2D eigenvalue weighted by molar-refractivity contribution is 6.01. The van der Waals surface area contributed by atoms with Crippen LogP contribution in [0.25, 0.3) is 0 Å². The molecule has 0 saturated heterocycles. The number of hydrogen-bond acceptors (Lipinski definition) is 7. The Bertz CT molecular complexity index is 1000. The lowest BCUT2D eigenvalue weighted by molar-refractivity contribution is -0.259. The van der Waals surface area contributed by atoms with Gasteiger partial charge >= 0.3 is 5.97 Å². The van der Waals surface area contributed by atoms with Crippen LogP contribution in [0.1, 0.15) is 89.9 Å². The van der Waals surface area contributed by atoms with E-state index in [0.717, 1.165) is 25.7 Å². The number of carbonyl (C=O) groups excluding carboxylic acids is 2. The second-order valence-electron chi connectivity index (χ2n) is 12.5. The first-order chi connectivity index (χ1) is 18.9. The van der Waals surface area contributed by atoms with Crippen molar-refractivity contribution in [3.63, 3.8) is 0 Å². The summed E-state index contributed by atoms with van der Waals surface area (Å²) in [7, 11) is 3.51. The Kier molecular flexibility index (Phi) is 11.2. The maximum absolute atomic E-state index is 13.3. The summed E-state index contributed by atoms with van der Waals surface area (Å²) >= 11 is 0. The van der Waals surface area contributed by atoms with Gasteiger partial charge in [0.05, 0.1) is 23.0 Å². The zero-order valence-corrected chi connectivity index (χ0v) is 25.5. The first-order valence-corrected chi connectivity index (χ1v) is 15.2. The zero-order valence-electron chi connectivity index (χ0n) is 25.5. The van der Waals surface area contributed by atoms with Crippen LogP contribution in [-0.2, 0) is 14.3 Å². The fraction of sp³-hybridized carbons (Fsp3) is 0.750. The molecule has 1 amide bonds. The predicted octanol–water partition coefficient (Wildman–Crippen LogP) is 4.79. The Morgan fingerprint density at radius 2 is 1.85 bits per heavy atom. The van der Waals surface area contributed by atoms with Gasteiger partial charge in [-0.05, 0) is 94.8 Å².